The molecule has 0 fully saturated rings. The van der Waals surface area contributed by atoms with Gasteiger partial charge in [-0.2, -0.15) is 0 Å². The van der Waals surface area contributed by atoms with Crippen molar-refractivity contribution in [2.75, 3.05) is 20.3 Å². The number of amides is 1. The molecule has 0 unspecified atom stereocenters. The molecule has 0 spiro atoms. The summed E-state index contributed by atoms with van der Waals surface area (Å²) in [6.07, 6.45) is 3.65. The number of imidazole rings is 1. The Morgan fingerprint density at radius 3 is 2.53 bits per heavy atom. The molecule has 3 aromatic rings. The number of Topliss-reactive ketones (excluding diaryl/α,β-unsaturated/α-hetero) is 1. The smallest absolute Gasteiger partial charge is 0.221 e. The number of methoxy groups -OCH3 is 1. The first-order chi connectivity index (χ1) is 15.5. The van der Waals surface area contributed by atoms with Crippen molar-refractivity contribution in [3.8, 4) is 17.2 Å². The molecule has 8 nitrogen and oxygen atoms in total. The second kappa shape index (κ2) is 9.55. The van der Waals surface area contributed by atoms with Crippen LogP contribution in [-0.4, -0.2) is 41.6 Å². The Labute approximate surface area is 186 Å². The van der Waals surface area contributed by atoms with Crippen molar-refractivity contribution >= 4 is 11.7 Å². The molecular formula is C24H25N3O5. The molecule has 166 valence electrons. The molecule has 1 aromatic heterocycles. The van der Waals surface area contributed by atoms with Gasteiger partial charge in [0, 0.05) is 37.8 Å². The monoisotopic (exact) mass is 435 g/mol. The van der Waals surface area contributed by atoms with E-state index >= 15 is 0 Å². The number of rotatable bonds is 8. The molecule has 1 aliphatic heterocycles. The molecular weight excluding hydrogens is 410 g/mol. The Morgan fingerprint density at radius 2 is 1.84 bits per heavy atom. The van der Waals surface area contributed by atoms with Gasteiger partial charge in [-0.3, -0.25) is 9.59 Å². The first-order valence-corrected chi connectivity index (χ1v) is 10.4. The number of carbonyl (C=O) groups is 2. The normalized spacial score (nSPS) is 13.3. The van der Waals surface area contributed by atoms with E-state index in [1.165, 1.54) is 0 Å². The van der Waals surface area contributed by atoms with E-state index < -0.39 is 6.04 Å². The maximum Gasteiger partial charge on any atom is 0.221 e. The van der Waals surface area contributed by atoms with Crippen LogP contribution < -0.4 is 19.5 Å². The fraction of sp³-hybridized carbons (Fsp3) is 0.292. The predicted molar refractivity (Wildman–Crippen MR) is 117 cm³/mol. The topological polar surface area (TPSA) is 91.7 Å². The zero-order valence-electron chi connectivity index (χ0n) is 18.0. The third-order valence-corrected chi connectivity index (χ3v) is 5.31. The lowest BCUT2D eigenvalue weighted by Gasteiger charge is -2.20. The van der Waals surface area contributed by atoms with Crippen molar-refractivity contribution in [2.24, 2.45) is 7.05 Å². The number of nitrogens with one attached hydrogen (secondary N) is 1. The van der Waals surface area contributed by atoms with Gasteiger partial charge < -0.3 is 24.1 Å². The number of ether oxygens (including phenoxy) is 3. The molecule has 0 radical (unpaired) electrons. The van der Waals surface area contributed by atoms with Crippen molar-refractivity contribution < 1.29 is 23.8 Å². The SMILES string of the molecule is COc1ccc([C@H](NC(=O)CCC(=O)c2ccc3c(c2)OCCO3)c2nccn2C)cc1. The number of hydrogen-bond acceptors (Lipinski definition) is 6. The summed E-state index contributed by atoms with van der Waals surface area (Å²) in [5.41, 5.74) is 1.37. The Bertz CT molecular complexity index is 1110. The maximum absolute atomic E-state index is 12.8. The van der Waals surface area contributed by atoms with E-state index in [9.17, 15) is 9.59 Å². The molecule has 0 bridgehead atoms. The average molecular weight is 435 g/mol. The van der Waals surface area contributed by atoms with Gasteiger partial charge in [-0.05, 0) is 35.9 Å². The van der Waals surface area contributed by atoms with Gasteiger partial charge in [0.1, 0.15) is 30.8 Å². The summed E-state index contributed by atoms with van der Waals surface area (Å²) >= 11 is 0. The molecule has 1 amide bonds. The van der Waals surface area contributed by atoms with E-state index in [1.807, 2.05) is 42.1 Å². The fourth-order valence-electron chi connectivity index (χ4n) is 3.57. The summed E-state index contributed by atoms with van der Waals surface area (Å²) in [4.78, 5) is 29.8. The standard InChI is InChI=1S/C24H25N3O5/c1-27-12-11-25-24(27)23(16-3-6-18(30-2)7-4-16)26-22(29)10-8-19(28)17-5-9-20-21(15-17)32-14-13-31-20/h3-7,9,11-12,15,23H,8,10,13-14H2,1-2H3,(H,26,29)/t23-/m0/s1. The first kappa shape index (κ1) is 21.4. The van der Waals surface area contributed by atoms with Crippen molar-refractivity contribution in [3.05, 3.63) is 71.8 Å². The van der Waals surface area contributed by atoms with Crippen LogP contribution in [-0.2, 0) is 11.8 Å². The fourth-order valence-corrected chi connectivity index (χ4v) is 3.57. The van der Waals surface area contributed by atoms with E-state index in [-0.39, 0.29) is 24.5 Å². The number of hydrogen-bond donors (Lipinski definition) is 1. The highest BCUT2D eigenvalue weighted by Crippen LogP contribution is 2.31. The first-order valence-electron chi connectivity index (χ1n) is 10.4. The summed E-state index contributed by atoms with van der Waals surface area (Å²) in [5, 5.41) is 3.01. The van der Waals surface area contributed by atoms with Gasteiger partial charge in [0.05, 0.1) is 7.11 Å². The van der Waals surface area contributed by atoms with Crippen molar-refractivity contribution in [1.82, 2.24) is 14.9 Å². The van der Waals surface area contributed by atoms with Gasteiger partial charge in [0.2, 0.25) is 5.91 Å². The molecule has 2 heterocycles. The van der Waals surface area contributed by atoms with E-state index in [4.69, 9.17) is 14.2 Å². The lowest BCUT2D eigenvalue weighted by atomic mass is 10.0. The van der Waals surface area contributed by atoms with Crippen LogP contribution in [0.15, 0.2) is 54.9 Å². The van der Waals surface area contributed by atoms with Crippen molar-refractivity contribution in [2.45, 2.75) is 18.9 Å². The largest absolute Gasteiger partial charge is 0.497 e. The number of fused-ring (bicyclic) bond motifs is 1. The number of ketones is 1. The number of aryl methyl sites for hydroxylation is 1. The number of benzene rings is 2. The minimum absolute atomic E-state index is 0.0599. The predicted octanol–water partition coefficient (Wildman–Crippen LogP) is 3.07. The molecule has 0 saturated heterocycles. The van der Waals surface area contributed by atoms with Crippen LogP contribution in [0.1, 0.15) is 40.6 Å². The van der Waals surface area contributed by atoms with Crippen LogP contribution in [0.5, 0.6) is 17.2 Å². The van der Waals surface area contributed by atoms with Gasteiger partial charge in [-0.15, -0.1) is 0 Å². The highest BCUT2D eigenvalue weighted by atomic mass is 16.6. The summed E-state index contributed by atoms with van der Waals surface area (Å²) in [5.74, 6) is 2.24. The van der Waals surface area contributed by atoms with Crippen LogP contribution in [0.25, 0.3) is 0 Å². The second-order valence-corrected chi connectivity index (χ2v) is 7.45. The summed E-state index contributed by atoms with van der Waals surface area (Å²) in [6.45, 7) is 0.943. The Hall–Kier alpha value is -3.81. The molecule has 1 atom stereocenters. The minimum Gasteiger partial charge on any atom is -0.497 e. The Morgan fingerprint density at radius 1 is 1.09 bits per heavy atom. The third-order valence-electron chi connectivity index (χ3n) is 5.31. The van der Waals surface area contributed by atoms with Crippen LogP contribution >= 0.6 is 0 Å². The molecule has 0 aliphatic carbocycles. The molecule has 0 saturated carbocycles. The van der Waals surface area contributed by atoms with Gasteiger partial charge >= 0.3 is 0 Å². The van der Waals surface area contributed by atoms with Gasteiger partial charge in [-0.25, -0.2) is 4.98 Å². The zero-order valence-corrected chi connectivity index (χ0v) is 18.0. The van der Waals surface area contributed by atoms with Gasteiger partial charge in [0.15, 0.2) is 17.3 Å². The number of aromatic nitrogens is 2. The van der Waals surface area contributed by atoms with Crippen molar-refractivity contribution in [3.63, 3.8) is 0 Å². The minimum atomic E-state index is -0.446. The lowest BCUT2D eigenvalue weighted by Crippen LogP contribution is -2.31. The second-order valence-electron chi connectivity index (χ2n) is 7.45. The highest BCUT2D eigenvalue weighted by molar-refractivity contribution is 5.98. The molecule has 8 heteroatoms. The van der Waals surface area contributed by atoms with Crippen LogP contribution in [0.4, 0.5) is 0 Å². The molecule has 1 aliphatic rings. The molecule has 4 rings (SSSR count). The third kappa shape index (κ3) is 4.74. The number of carbonyl (C=O) groups excluding carboxylic acids is 2. The number of nitrogens with zero attached hydrogens (tertiary/aromatic N) is 2. The molecule has 2 aromatic carbocycles. The van der Waals surface area contributed by atoms with Crippen LogP contribution in [0.3, 0.4) is 0 Å². The highest BCUT2D eigenvalue weighted by Gasteiger charge is 2.22. The van der Waals surface area contributed by atoms with Crippen LogP contribution in [0.2, 0.25) is 0 Å². The molecule has 32 heavy (non-hydrogen) atoms. The summed E-state index contributed by atoms with van der Waals surface area (Å²) in [6, 6.07) is 12.1. The average Bonchev–Trinajstić information content (AvgIpc) is 3.26. The van der Waals surface area contributed by atoms with Crippen molar-refractivity contribution in [1.29, 1.82) is 0 Å². The summed E-state index contributed by atoms with van der Waals surface area (Å²) < 4.78 is 18.1. The van der Waals surface area contributed by atoms with Gasteiger partial charge in [0.25, 0.3) is 0 Å². The van der Waals surface area contributed by atoms with E-state index in [0.29, 0.717) is 36.1 Å². The quantitative estimate of drug-likeness (QED) is 0.547. The molecule has 1 N–H and O–H groups in total. The lowest BCUT2D eigenvalue weighted by molar-refractivity contribution is -0.121. The Kier molecular flexibility index (Phi) is 6.39. The zero-order chi connectivity index (χ0) is 22.5. The summed E-state index contributed by atoms with van der Waals surface area (Å²) in [7, 11) is 3.47. The van der Waals surface area contributed by atoms with E-state index in [2.05, 4.69) is 10.3 Å². The van der Waals surface area contributed by atoms with E-state index in [1.54, 1.807) is 31.5 Å². The van der Waals surface area contributed by atoms with E-state index in [0.717, 1.165) is 11.3 Å². The Balaban J connectivity index is 1.43. The van der Waals surface area contributed by atoms with Gasteiger partial charge in [-0.1, -0.05) is 12.1 Å². The van der Waals surface area contributed by atoms with Crippen LogP contribution in [0, 0.1) is 0 Å². The maximum atomic E-state index is 12.8.